The zero-order chi connectivity index (χ0) is 12.4. The van der Waals surface area contributed by atoms with Gasteiger partial charge in [-0.25, -0.2) is 0 Å². The van der Waals surface area contributed by atoms with Gasteiger partial charge in [-0.2, -0.15) is 0 Å². The number of benzene rings is 1. The smallest absolute Gasteiger partial charge is 0.0494 e. The molecule has 0 aliphatic rings. The molecule has 0 unspecified atom stereocenters. The van der Waals surface area contributed by atoms with Gasteiger partial charge in [-0.3, -0.25) is 0 Å². The molecule has 2 aromatic rings. The van der Waals surface area contributed by atoms with Crippen LogP contribution in [0, 0.1) is 13.8 Å². The van der Waals surface area contributed by atoms with Gasteiger partial charge in [0.05, 0.1) is 0 Å². The summed E-state index contributed by atoms with van der Waals surface area (Å²) < 4.78 is 1.00. The minimum Gasteiger partial charge on any atom is -0.399 e. The zero-order valence-electron chi connectivity index (χ0n) is 9.88. The van der Waals surface area contributed by atoms with E-state index in [4.69, 9.17) is 5.73 Å². The summed E-state index contributed by atoms with van der Waals surface area (Å²) >= 11 is 5.34. The lowest BCUT2D eigenvalue weighted by Crippen LogP contribution is -1.98. The number of anilines is 2. The third-order valence-electron chi connectivity index (χ3n) is 2.66. The van der Waals surface area contributed by atoms with Gasteiger partial charge >= 0.3 is 0 Å². The van der Waals surface area contributed by atoms with Crippen LogP contribution in [0.1, 0.15) is 15.3 Å². The van der Waals surface area contributed by atoms with Crippen LogP contribution in [0.25, 0.3) is 0 Å². The van der Waals surface area contributed by atoms with Crippen LogP contribution in [0.5, 0.6) is 0 Å². The minimum atomic E-state index is 0.769. The first kappa shape index (κ1) is 12.5. The van der Waals surface area contributed by atoms with Gasteiger partial charge in [0.1, 0.15) is 0 Å². The van der Waals surface area contributed by atoms with Crippen LogP contribution in [0.4, 0.5) is 11.4 Å². The maximum Gasteiger partial charge on any atom is 0.0494 e. The van der Waals surface area contributed by atoms with Crippen molar-refractivity contribution in [2.75, 3.05) is 11.1 Å². The van der Waals surface area contributed by atoms with Gasteiger partial charge in [0.25, 0.3) is 0 Å². The largest absolute Gasteiger partial charge is 0.399 e. The Morgan fingerprint density at radius 2 is 2.06 bits per heavy atom. The summed E-state index contributed by atoms with van der Waals surface area (Å²) in [7, 11) is 0. The molecule has 2 nitrogen and oxygen atoms in total. The molecule has 0 radical (unpaired) electrons. The molecule has 4 heteroatoms. The van der Waals surface area contributed by atoms with Crippen molar-refractivity contribution in [1.82, 2.24) is 0 Å². The van der Waals surface area contributed by atoms with E-state index in [1.54, 1.807) is 0 Å². The predicted molar refractivity (Wildman–Crippen MR) is 79.7 cm³/mol. The molecule has 0 amide bonds. The average Bonchev–Trinajstić information content (AvgIpc) is 2.57. The van der Waals surface area contributed by atoms with Crippen molar-refractivity contribution < 1.29 is 0 Å². The van der Waals surface area contributed by atoms with Crippen molar-refractivity contribution in [1.29, 1.82) is 0 Å². The number of thiophene rings is 1. The van der Waals surface area contributed by atoms with Crippen molar-refractivity contribution >= 4 is 38.6 Å². The van der Waals surface area contributed by atoms with Crippen LogP contribution in [0.3, 0.4) is 0 Å². The second kappa shape index (κ2) is 5.10. The van der Waals surface area contributed by atoms with Crippen LogP contribution in [0.15, 0.2) is 28.7 Å². The maximum absolute atomic E-state index is 5.70. The van der Waals surface area contributed by atoms with E-state index in [0.29, 0.717) is 0 Å². The topological polar surface area (TPSA) is 38.0 Å². The fourth-order valence-electron chi connectivity index (χ4n) is 1.59. The lowest BCUT2D eigenvalue weighted by atomic mass is 10.2. The molecule has 17 heavy (non-hydrogen) atoms. The Labute approximate surface area is 114 Å². The first-order chi connectivity index (χ1) is 8.06. The van der Waals surface area contributed by atoms with Crippen molar-refractivity contribution in [2.45, 2.75) is 20.4 Å². The molecule has 0 aliphatic heterocycles. The number of hydrogen-bond donors (Lipinski definition) is 2. The van der Waals surface area contributed by atoms with E-state index in [9.17, 15) is 0 Å². The fraction of sp³-hybridized carbons (Fsp3) is 0.231. The molecule has 1 heterocycles. The summed E-state index contributed by atoms with van der Waals surface area (Å²) in [6, 6.07) is 8.04. The Morgan fingerprint density at radius 1 is 1.29 bits per heavy atom. The molecule has 1 aromatic carbocycles. The monoisotopic (exact) mass is 310 g/mol. The van der Waals surface area contributed by atoms with E-state index in [0.717, 1.165) is 22.4 Å². The molecule has 1 aromatic heterocycles. The number of hydrogen-bond acceptors (Lipinski definition) is 3. The summed E-state index contributed by atoms with van der Waals surface area (Å²) in [5.74, 6) is 0. The van der Waals surface area contributed by atoms with Crippen molar-refractivity contribution in [3.8, 4) is 0 Å². The Morgan fingerprint density at radius 3 is 2.65 bits per heavy atom. The third kappa shape index (κ3) is 3.01. The number of nitrogens with two attached hydrogens (primary N) is 1. The normalized spacial score (nSPS) is 10.5. The second-order valence-electron chi connectivity index (χ2n) is 4.04. The highest BCUT2D eigenvalue weighted by atomic mass is 79.9. The summed E-state index contributed by atoms with van der Waals surface area (Å²) in [6.45, 7) is 5.15. The Bertz CT molecular complexity index is 515. The van der Waals surface area contributed by atoms with Gasteiger partial charge in [-0.05, 0) is 59.6 Å². The quantitative estimate of drug-likeness (QED) is 0.828. The molecule has 90 valence electrons. The highest BCUT2D eigenvalue weighted by Crippen LogP contribution is 2.26. The van der Waals surface area contributed by atoms with Crippen molar-refractivity contribution in [2.24, 2.45) is 0 Å². The second-order valence-corrected chi connectivity index (χ2v) is 6.24. The molecule has 0 spiro atoms. The third-order valence-corrected chi connectivity index (χ3v) is 4.47. The van der Waals surface area contributed by atoms with Gasteiger partial charge in [-0.15, -0.1) is 11.3 Å². The summed E-state index contributed by atoms with van der Waals surface area (Å²) in [5.41, 5.74) is 8.91. The van der Waals surface area contributed by atoms with E-state index in [-0.39, 0.29) is 0 Å². The Hall–Kier alpha value is -1.000. The zero-order valence-corrected chi connectivity index (χ0v) is 12.3. The number of halogens is 1. The SMILES string of the molecule is Cc1cc(CNc2ccc(N)cc2Br)sc1C. The van der Waals surface area contributed by atoms with Crippen LogP contribution in [-0.2, 0) is 6.54 Å². The highest BCUT2D eigenvalue weighted by molar-refractivity contribution is 9.10. The van der Waals surface area contributed by atoms with Gasteiger partial charge in [0.2, 0.25) is 0 Å². The summed E-state index contributed by atoms with van der Waals surface area (Å²) in [6.07, 6.45) is 0. The molecule has 0 saturated heterocycles. The van der Waals surface area contributed by atoms with Crippen LogP contribution in [-0.4, -0.2) is 0 Å². The van der Waals surface area contributed by atoms with Crippen LogP contribution < -0.4 is 11.1 Å². The number of aryl methyl sites for hydroxylation is 2. The lowest BCUT2D eigenvalue weighted by Gasteiger charge is -2.07. The van der Waals surface area contributed by atoms with E-state index >= 15 is 0 Å². The van der Waals surface area contributed by atoms with E-state index in [1.807, 2.05) is 29.5 Å². The van der Waals surface area contributed by atoms with Crippen LogP contribution >= 0.6 is 27.3 Å². The van der Waals surface area contributed by atoms with E-state index < -0.39 is 0 Å². The molecule has 0 atom stereocenters. The highest BCUT2D eigenvalue weighted by Gasteiger charge is 2.03. The van der Waals surface area contributed by atoms with Gasteiger partial charge in [-0.1, -0.05) is 0 Å². The first-order valence-corrected chi connectivity index (χ1v) is 7.02. The molecule has 0 fully saturated rings. The van der Waals surface area contributed by atoms with Crippen molar-refractivity contribution in [3.05, 3.63) is 44.1 Å². The van der Waals surface area contributed by atoms with Crippen molar-refractivity contribution in [3.63, 3.8) is 0 Å². The molecular weight excluding hydrogens is 296 g/mol. The Balaban J connectivity index is 2.07. The standard InChI is InChI=1S/C13H15BrN2S/c1-8-5-11(17-9(8)2)7-16-13-4-3-10(15)6-12(13)14/h3-6,16H,7,15H2,1-2H3. The van der Waals surface area contributed by atoms with E-state index in [1.165, 1.54) is 15.3 Å². The van der Waals surface area contributed by atoms with E-state index in [2.05, 4.69) is 41.2 Å². The fourth-order valence-corrected chi connectivity index (χ4v) is 3.12. The number of nitrogen functional groups attached to an aromatic ring is 1. The molecule has 2 rings (SSSR count). The first-order valence-electron chi connectivity index (χ1n) is 5.41. The molecular formula is C13H15BrN2S. The average molecular weight is 311 g/mol. The number of rotatable bonds is 3. The number of nitrogens with one attached hydrogen (secondary N) is 1. The van der Waals surface area contributed by atoms with Crippen LogP contribution in [0.2, 0.25) is 0 Å². The molecule has 0 saturated carbocycles. The Kier molecular flexibility index (Phi) is 3.74. The lowest BCUT2D eigenvalue weighted by molar-refractivity contribution is 1.18. The minimum absolute atomic E-state index is 0.769. The molecule has 0 bridgehead atoms. The van der Waals surface area contributed by atoms with Gasteiger partial charge < -0.3 is 11.1 Å². The summed E-state index contributed by atoms with van der Waals surface area (Å²) in [4.78, 5) is 2.74. The van der Waals surface area contributed by atoms with Gasteiger partial charge in [0, 0.05) is 32.1 Å². The summed E-state index contributed by atoms with van der Waals surface area (Å²) in [5, 5.41) is 3.40. The molecule has 0 aliphatic carbocycles. The van der Waals surface area contributed by atoms with Gasteiger partial charge in [0.15, 0.2) is 0 Å². The predicted octanol–water partition coefficient (Wildman–Crippen LogP) is 4.32. The maximum atomic E-state index is 5.70. The molecule has 3 N–H and O–H groups in total.